The first kappa shape index (κ1) is 24.3. The number of ether oxygens (including phenoxy) is 2. The molecule has 2 aromatic rings. The van der Waals surface area contributed by atoms with Crippen molar-refractivity contribution in [1.29, 1.82) is 0 Å². The molecule has 0 saturated carbocycles. The fraction of sp³-hybridized carbons (Fsp3) is 0.462. The van der Waals surface area contributed by atoms with Crippen LogP contribution in [0.2, 0.25) is 0 Å². The lowest BCUT2D eigenvalue weighted by molar-refractivity contribution is -0.0226. The number of sulfone groups is 1. The molecule has 4 rings (SSSR count). The molecule has 1 saturated heterocycles. The number of piperidine rings is 1. The Morgan fingerprint density at radius 3 is 2.26 bits per heavy atom. The van der Waals surface area contributed by atoms with Crippen molar-refractivity contribution < 1.29 is 27.5 Å². The largest absolute Gasteiger partial charge is 0.486 e. The third-order valence-corrected chi connectivity index (χ3v) is 6.99. The Morgan fingerprint density at radius 2 is 1.68 bits per heavy atom. The summed E-state index contributed by atoms with van der Waals surface area (Å²) in [6.45, 7) is 6.49. The van der Waals surface area contributed by atoms with Crippen molar-refractivity contribution in [3.05, 3.63) is 53.6 Å². The van der Waals surface area contributed by atoms with E-state index in [4.69, 9.17) is 9.47 Å². The third kappa shape index (κ3) is 5.60. The second-order valence-electron chi connectivity index (χ2n) is 10.3. The lowest BCUT2D eigenvalue weighted by Crippen LogP contribution is -2.52. The summed E-state index contributed by atoms with van der Waals surface area (Å²) >= 11 is 0. The van der Waals surface area contributed by atoms with Gasteiger partial charge in [0.15, 0.2) is 15.6 Å². The second kappa shape index (κ2) is 8.73. The number of nitrogens with zero attached hydrogens (tertiary/aromatic N) is 1. The number of likely N-dealkylation sites (tertiary alicyclic amines) is 1. The standard InChI is InChI=1S/C26H31NO6S/c1-25(2,3)33-24(29)27-13-11-26(12-14-27)16-22(28)21-15-20(9-10-23(21)32-26)19-7-5-18(6-8-19)17-34(4,30)31/h5-10,15H,11-14,16-17H2,1-4H3. The van der Waals surface area contributed by atoms with Crippen LogP contribution in [0.3, 0.4) is 0 Å². The maximum atomic E-state index is 13.1. The fourth-order valence-electron chi connectivity index (χ4n) is 4.47. The third-order valence-electron chi connectivity index (χ3n) is 6.13. The molecular weight excluding hydrogens is 454 g/mol. The van der Waals surface area contributed by atoms with Gasteiger partial charge in [-0.25, -0.2) is 13.2 Å². The number of amides is 1. The van der Waals surface area contributed by atoms with Crippen LogP contribution in [0, 0.1) is 0 Å². The first-order valence-corrected chi connectivity index (χ1v) is 13.5. The van der Waals surface area contributed by atoms with Gasteiger partial charge in [-0.3, -0.25) is 4.79 Å². The molecular formula is C26H31NO6S. The summed E-state index contributed by atoms with van der Waals surface area (Å²) in [6.07, 6.45) is 2.29. The molecule has 8 heteroatoms. The van der Waals surface area contributed by atoms with E-state index < -0.39 is 21.0 Å². The average Bonchev–Trinajstić information content (AvgIpc) is 2.72. The molecule has 1 spiro atoms. The normalized spacial score (nSPS) is 17.8. The Labute approximate surface area is 201 Å². The van der Waals surface area contributed by atoms with Gasteiger partial charge in [-0.2, -0.15) is 0 Å². The van der Waals surface area contributed by atoms with Gasteiger partial charge in [-0.15, -0.1) is 0 Å². The summed E-state index contributed by atoms with van der Waals surface area (Å²) in [5, 5.41) is 0. The molecule has 0 radical (unpaired) electrons. The molecule has 7 nitrogen and oxygen atoms in total. The summed E-state index contributed by atoms with van der Waals surface area (Å²) < 4.78 is 34.8. The minimum atomic E-state index is -3.09. The molecule has 0 aromatic heterocycles. The van der Waals surface area contributed by atoms with Crippen LogP contribution >= 0.6 is 0 Å². The highest BCUT2D eigenvalue weighted by Crippen LogP contribution is 2.41. The fourth-order valence-corrected chi connectivity index (χ4v) is 5.27. The van der Waals surface area contributed by atoms with Crippen LogP contribution in [0.1, 0.15) is 56.0 Å². The smallest absolute Gasteiger partial charge is 0.410 e. The molecule has 182 valence electrons. The number of Topliss-reactive ketones (excluding diaryl/α,β-unsaturated/α-hetero) is 1. The van der Waals surface area contributed by atoms with Crippen molar-refractivity contribution in [3.8, 4) is 16.9 Å². The van der Waals surface area contributed by atoms with Gasteiger partial charge in [-0.05, 0) is 49.6 Å². The minimum Gasteiger partial charge on any atom is -0.486 e. The van der Waals surface area contributed by atoms with Gasteiger partial charge >= 0.3 is 6.09 Å². The van der Waals surface area contributed by atoms with Crippen molar-refractivity contribution in [2.45, 2.75) is 57.0 Å². The summed E-state index contributed by atoms with van der Waals surface area (Å²) in [5.74, 6) is 0.596. The highest BCUT2D eigenvalue weighted by Gasteiger charge is 2.44. The number of hydrogen-bond acceptors (Lipinski definition) is 6. The van der Waals surface area contributed by atoms with Crippen LogP contribution in [0.4, 0.5) is 4.79 Å². The van der Waals surface area contributed by atoms with Gasteiger partial charge in [0.05, 0.1) is 17.7 Å². The molecule has 2 aromatic carbocycles. The lowest BCUT2D eigenvalue weighted by Gasteiger charge is -2.44. The molecule has 1 amide bonds. The van der Waals surface area contributed by atoms with Crippen LogP contribution in [0.15, 0.2) is 42.5 Å². The quantitative estimate of drug-likeness (QED) is 0.630. The van der Waals surface area contributed by atoms with E-state index >= 15 is 0 Å². The van der Waals surface area contributed by atoms with Crippen LogP contribution in [-0.2, 0) is 20.3 Å². The van der Waals surface area contributed by atoms with E-state index in [0.717, 1.165) is 16.7 Å². The summed E-state index contributed by atoms with van der Waals surface area (Å²) in [5.41, 5.74) is 1.91. The van der Waals surface area contributed by atoms with Crippen molar-refractivity contribution in [1.82, 2.24) is 4.90 Å². The molecule has 0 bridgehead atoms. The van der Waals surface area contributed by atoms with Gasteiger partial charge in [0.2, 0.25) is 0 Å². The van der Waals surface area contributed by atoms with Gasteiger partial charge in [0.25, 0.3) is 0 Å². The van der Waals surface area contributed by atoms with Crippen LogP contribution in [0.25, 0.3) is 11.1 Å². The first-order valence-electron chi connectivity index (χ1n) is 11.4. The summed E-state index contributed by atoms with van der Waals surface area (Å²) in [7, 11) is -3.09. The van der Waals surface area contributed by atoms with Gasteiger partial charge in [0, 0.05) is 32.2 Å². The zero-order valence-corrected chi connectivity index (χ0v) is 20.9. The monoisotopic (exact) mass is 485 g/mol. The topological polar surface area (TPSA) is 90.0 Å². The number of carbonyl (C=O) groups excluding carboxylic acids is 2. The van der Waals surface area contributed by atoms with Crippen molar-refractivity contribution >= 4 is 21.7 Å². The number of ketones is 1. The molecule has 0 aliphatic carbocycles. The molecule has 2 aliphatic heterocycles. The van der Waals surface area contributed by atoms with E-state index in [1.165, 1.54) is 6.26 Å². The Hall–Kier alpha value is -2.87. The average molecular weight is 486 g/mol. The molecule has 1 fully saturated rings. The number of carbonyl (C=O) groups is 2. The van der Waals surface area contributed by atoms with Gasteiger partial charge in [0.1, 0.15) is 17.0 Å². The predicted molar refractivity (Wildman–Crippen MR) is 130 cm³/mol. The molecule has 0 unspecified atom stereocenters. The number of rotatable bonds is 3. The van der Waals surface area contributed by atoms with E-state index in [-0.39, 0.29) is 24.1 Å². The van der Waals surface area contributed by atoms with E-state index in [9.17, 15) is 18.0 Å². The Morgan fingerprint density at radius 1 is 1.06 bits per heavy atom. The second-order valence-corrected chi connectivity index (χ2v) is 12.5. The van der Waals surface area contributed by atoms with Crippen molar-refractivity contribution in [2.75, 3.05) is 19.3 Å². The van der Waals surface area contributed by atoms with E-state index in [1.54, 1.807) is 17.0 Å². The maximum absolute atomic E-state index is 13.1. The van der Waals surface area contributed by atoms with E-state index in [2.05, 4.69) is 0 Å². The zero-order chi connectivity index (χ0) is 24.7. The maximum Gasteiger partial charge on any atom is 0.410 e. The summed E-state index contributed by atoms with van der Waals surface area (Å²) in [6, 6.07) is 12.9. The van der Waals surface area contributed by atoms with Crippen molar-refractivity contribution in [3.63, 3.8) is 0 Å². The summed E-state index contributed by atoms with van der Waals surface area (Å²) in [4.78, 5) is 27.2. The molecule has 2 heterocycles. The van der Waals surface area contributed by atoms with Gasteiger partial charge < -0.3 is 14.4 Å². The lowest BCUT2D eigenvalue weighted by atomic mass is 9.82. The predicted octanol–water partition coefficient (Wildman–Crippen LogP) is 4.63. The number of hydrogen-bond donors (Lipinski definition) is 0. The first-order chi connectivity index (χ1) is 15.8. The highest BCUT2D eigenvalue weighted by atomic mass is 32.2. The van der Waals surface area contributed by atoms with Crippen LogP contribution in [0.5, 0.6) is 5.75 Å². The molecule has 34 heavy (non-hydrogen) atoms. The highest BCUT2D eigenvalue weighted by molar-refractivity contribution is 7.89. The Balaban J connectivity index is 1.47. The Kier molecular flexibility index (Phi) is 6.23. The zero-order valence-electron chi connectivity index (χ0n) is 20.1. The van der Waals surface area contributed by atoms with E-state index in [1.807, 2.05) is 51.1 Å². The minimum absolute atomic E-state index is 0.00275. The molecule has 0 N–H and O–H groups in total. The van der Waals surface area contributed by atoms with Gasteiger partial charge in [-0.1, -0.05) is 30.3 Å². The molecule has 2 aliphatic rings. The van der Waals surface area contributed by atoms with E-state index in [0.29, 0.717) is 37.2 Å². The number of benzene rings is 2. The van der Waals surface area contributed by atoms with Crippen LogP contribution in [-0.4, -0.2) is 55.7 Å². The van der Waals surface area contributed by atoms with Crippen molar-refractivity contribution in [2.24, 2.45) is 0 Å². The molecule has 0 atom stereocenters. The van der Waals surface area contributed by atoms with Crippen LogP contribution < -0.4 is 4.74 Å². The number of fused-ring (bicyclic) bond motifs is 1. The Bertz CT molecular complexity index is 1200. The SMILES string of the molecule is CC(C)(C)OC(=O)N1CCC2(CC1)CC(=O)c1cc(-c3ccc(CS(C)(=O)=O)cc3)ccc1O2.